The predicted octanol–water partition coefficient (Wildman–Crippen LogP) is 1.05. The topological polar surface area (TPSA) is 51.3 Å². The van der Waals surface area contributed by atoms with Crippen molar-refractivity contribution in [1.82, 2.24) is 9.47 Å². The van der Waals surface area contributed by atoms with E-state index in [9.17, 15) is 4.79 Å². The van der Waals surface area contributed by atoms with Gasteiger partial charge < -0.3 is 10.3 Å². The molecule has 1 aliphatic carbocycles. The van der Waals surface area contributed by atoms with Gasteiger partial charge in [-0.2, -0.15) is 0 Å². The van der Waals surface area contributed by atoms with Crippen LogP contribution in [0.1, 0.15) is 25.7 Å². The first kappa shape index (κ1) is 13.3. The Morgan fingerprint density at radius 3 is 2.78 bits per heavy atom. The van der Waals surface area contributed by atoms with Crippen LogP contribution in [0.4, 0.5) is 0 Å². The summed E-state index contributed by atoms with van der Waals surface area (Å²) in [6, 6.07) is 6.04. The van der Waals surface area contributed by atoms with E-state index in [1.807, 2.05) is 12.3 Å². The highest BCUT2D eigenvalue weighted by Crippen LogP contribution is 2.24. The van der Waals surface area contributed by atoms with Crippen LogP contribution in [0.3, 0.4) is 0 Å². The monoisotopic (exact) mass is 249 g/mol. The fourth-order valence-electron chi connectivity index (χ4n) is 2.40. The number of hydrogen-bond acceptors (Lipinski definition) is 3. The van der Waals surface area contributed by atoms with E-state index in [0.29, 0.717) is 0 Å². The maximum absolute atomic E-state index is 11.6. The number of rotatable bonds is 7. The van der Waals surface area contributed by atoms with Crippen molar-refractivity contribution in [3.8, 4) is 0 Å². The smallest absolute Gasteiger partial charge is 0.250 e. The summed E-state index contributed by atoms with van der Waals surface area (Å²) in [7, 11) is 0. The zero-order valence-electron chi connectivity index (χ0n) is 10.9. The highest BCUT2D eigenvalue weighted by atomic mass is 16.1. The molecule has 0 radical (unpaired) electrons. The maximum atomic E-state index is 11.6. The normalized spacial score (nSPS) is 15.9. The number of nitrogens with zero attached hydrogens (tertiary/aromatic N) is 2. The van der Waals surface area contributed by atoms with Gasteiger partial charge in [-0.3, -0.25) is 9.69 Å². The Morgan fingerprint density at radius 1 is 1.33 bits per heavy atom. The summed E-state index contributed by atoms with van der Waals surface area (Å²) in [5.74, 6) is 0. The van der Waals surface area contributed by atoms with E-state index in [2.05, 4.69) is 4.90 Å². The van der Waals surface area contributed by atoms with Crippen LogP contribution < -0.4 is 11.3 Å². The van der Waals surface area contributed by atoms with E-state index in [-0.39, 0.29) is 5.56 Å². The summed E-state index contributed by atoms with van der Waals surface area (Å²) >= 11 is 0. The van der Waals surface area contributed by atoms with Gasteiger partial charge in [0.2, 0.25) is 0 Å². The summed E-state index contributed by atoms with van der Waals surface area (Å²) in [5.41, 5.74) is 5.67. The highest BCUT2D eigenvalue weighted by Gasteiger charge is 2.23. The molecule has 1 aromatic heterocycles. The second-order valence-electron chi connectivity index (χ2n) is 5.00. The van der Waals surface area contributed by atoms with Gasteiger partial charge >= 0.3 is 0 Å². The third-order valence-electron chi connectivity index (χ3n) is 3.77. The fourth-order valence-corrected chi connectivity index (χ4v) is 2.40. The molecule has 4 nitrogen and oxygen atoms in total. The molecule has 0 bridgehead atoms. The zero-order chi connectivity index (χ0) is 12.8. The molecule has 0 aromatic carbocycles. The molecule has 2 rings (SSSR count). The Morgan fingerprint density at radius 2 is 2.17 bits per heavy atom. The quantitative estimate of drug-likeness (QED) is 0.786. The van der Waals surface area contributed by atoms with Gasteiger partial charge in [0.25, 0.3) is 5.56 Å². The van der Waals surface area contributed by atoms with Gasteiger partial charge in [-0.25, -0.2) is 0 Å². The Balaban J connectivity index is 1.88. The average molecular weight is 249 g/mol. The van der Waals surface area contributed by atoms with Crippen molar-refractivity contribution in [3.05, 3.63) is 34.7 Å². The third kappa shape index (κ3) is 3.43. The van der Waals surface area contributed by atoms with Gasteiger partial charge in [-0.1, -0.05) is 12.5 Å². The van der Waals surface area contributed by atoms with Crippen LogP contribution in [-0.4, -0.2) is 35.1 Å². The molecule has 1 aromatic rings. The lowest BCUT2D eigenvalue weighted by Gasteiger charge is -2.37. The molecule has 4 heteroatoms. The maximum Gasteiger partial charge on any atom is 0.250 e. The lowest BCUT2D eigenvalue weighted by Crippen LogP contribution is -2.43. The molecule has 0 amide bonds. The lowest BCUT2D eigenvalue weighted by molar-refractivity contribution is 0.121. The number of nitrogens with two attached hydrogens (primary N) is 1. The molecule has 0 unspecified atom stereocenters. The Kier molecular flexibility index (Phi) is 4.96. The molecule has 1 heterocycles. The Bertz CT molecular complexity index is 412. The third-order valence-corrected chi connectivity index (χ3v) is 3.77. The molecule has 2 N–H and O–H groups in total. The van der Waals surface area contributed by atoms with Crippen molar-refractivity contribution in [2.24, 2.45) is 5.73 Å². The second-order valence-corrected chi connectivity index (χ2v) is 5.00. The van der Waals surface area contributed by atoms with E-state index >= 15 is 0 Å². The van der Waals surface area contributed by atoms with E-state index in [4.69, 9.17) is 5.73 Å². The first-order valence-electron chi connectivity index (χ1n) is 6.91. The van der Waals surface area contributed by atoms with E-state index < -0.39 is 0 Å². The van der Waals surface area contributed by atoms with Gasteiger partial charge in [-0.05, 0) is 38.4 Å². The van der Waals surface area contributed by atoms with E-state index in [1.54, 1.807) is 16.7 Å². The van der Waals surface area contributed by atoms with Gasteiger partial charge in [0.1, 0.15) is 0 Å². The zero-order valence-corrected chi connectivity index (χ0v) is 10.9. The first-order chi connectivity index (χ1) is 8.81. The molecular weight excluding hydrogens is 226 g/mol. The predicted molar refractivity (Wildman–Crippen MR) is 73.6 cm³/mol. The van der Waals surface area contributed by atoms with Crippen molar-refractivity contribution >= 4 is 0 Å². The molecule has 100 valence electrons. The second kappa shape index (κ2) is 6.71. The minimum atomic E-state index is 0.0879. The summed E-state index contributed by atoms with van der Waals surface area (Å²) in [4.78, 5) is 14.1. The highest BCUT2D eigenvalue weighted by molar-refractivity contribution is 4.93. The van der Waals surface area contributed by atoms with Crippen molar-refractivity contribution in [1.29, 1.82) is 0 Å². The van der Waals surface area contributed by atoms with Crippen molar-refractivity contribution in [2.45, 2.75) is 38.3 Å². The number of aromatic nitrogens is 1. The summed E-state index contributed by atoms with van der Waals surface area (Å²) < 4.78 is 1.79. The van der Waals surface area contributed by atoms with Crippen LogP contribution >= 0.6 is 0 Å². The van der Waals surface area contributed by atoms with Gasteiger partial charge in [0.15, 0.2) is 0 Å². The molecule has 0 aliphatic heterocycles. The molecule has 0 saturated heterocycles. The first-order valence-corrected chi connectivity index (χ1v) is 6.91. The standard InChI is InChI=1S/C14H23N3O/c15-8-4-10-16(13-5-3-6-13)11-12-17-9-2-1-7-14(17)18/h1-2,7,9,13H,3-6,8,10-12,15H2. The SMILES string of the molecule is NCCCN(CCn1ccccc1=O)C1CCC1. The van der Waals surface area contributed by atoms with Crippen LogP contribution in [0.15, 0.2) is 29.2 Å². The van der Waals surface area contributed by atoms with Crippen LogP contribution in [0.5, 0.6) is 0 Å². The molecule has 0 atom stereocenters. The van der Waals surface area contributed by atoms with Crippen LogP contribution in [0.25, 0.3) is 0 Å². The summed E-state index contributed by atoms with van der Waals surface area (Å²) in [5, 5.41) is 0. The van der Waals surface area contributed by atoms with E-state index in [0.717, 1.165) is 38.6 Å². The largest absolute Gasteiger partial charge is 0.330 e. The number of pyridine rings is 1. The van der Waals surface area contributed by atoms with Gasteiger partial charge in [-0.15, -0.1) is 0 Å². The summed E-state index contributed by atoms with van der Waals surface area (Å²) in [6.45, 7) is 3.53. The fraction of sp³-hybridized carbons (Fsp3) is 0.643. The van der Waals surface area contributed by atoms with Crippen LogP contribution in [0, 0.1) is 0 Å². The van der Waals surface area contributed by atoms with Gasteiger partial charge in [0.05, 0.1) is 0 Å². The van der Waals surface area contributed by atoms with Crippen molar-refractivity contribution in [2.75, 3.05) is 19.6 Å². The van der Waals surface area contributed by atoms with Crippen molar-refractivity contribution < 1.29 is 0 Å². The van der Waals surface area contributed by atoms with Crippen LogP contribution in [-0.2, 0) is 6.54 Å². The molecule has 1 aliphatic rings. The molecule has 1 fully saturated rings. The Hall–Kier alpha value is -1.13. The molecule has 0 spiro atoms. The molecule has 18 heavy (non-hydrogen) atoms. The number of hydrogen-bond donors (Lipinski definition) is 1. The summed E-state index contributed by atoms with van der Waals surface area (Å²) in [6.07, 6.45) is 6.85. The minimum absolute atomic E-state index is 0.0879. The van der Waals surface area contributed by atoms with Crippen molar-refractivity contribution in [3.63, 3.8) is 0 Å². The van der Waals surface area contributed by atoms with E-state index in [1.165, 1.54) is 19.3 Å². The molecule has 1 saturated carbocycles. The molecular formula is C14H23N3O. The minimum Gasteiger partial charge on any atom is -0.330 e. The van der Waals surface area contributed by atoms with Gasteiger partial charge in [0, 0.05) is 31.4 Å². The van der Waals surface area contributed by atoms with Crippen LogP contribution in [0.2, 0.25) is 0 Å². The average Bonchev–Trinajstić information content (AvgIpc) is 2.32. The Labute approximate surface area is 108 Å². The lowest BCUT2D eigenvalue weighted by atomic mass is 9.91.